The van der Waals surface area contributed by atoms with Gasteiger partial charge in [0.25, 0.3) is 0 Å². The van der Waals surface area contributed by atoms with E-state index >= 15 is 0 Å². The van der Waals surface area contributed by atoms with E-state index in [0.29, 0.717) is 6.54 Å². The van der Waals surface area contributed by atoms with Crippen molar-refractivity contribution in [1.82, 2.24) is 15.2 Å². The fraction of sp³-hybridized carbons (Fsp3) is 0.571. The molecule has 1 fully saturated rings. The second-order valence-corrected chi connectivity index (χ2v) is 5.03. The smallest absolute Gasteiger partial charge is 0.240 e. The normalized spacial score (nSPS) is 19.2. The Morgan fingerprint density at radius 1 is 1.56 bits per heavy atom. The molecule has 0 aliphatic carbocycles. The molecule has 2 heterocycles. The van der Waals surface area contributed by atoms with Gasteiger partial charge < -0.3 is 10.2 Å². The number of rotatable bonds is 4. The Morgan fingerprint density at radius 3 is 2.94 bits per heavy atom. The number of carbonyl (C=O) groups excluding carboxylic acids is 1. The van der Waals surface area contributed by atoms with Crippen LogP contribution in [0.25, 0.3) is 0 Å². The fourth-order valence-corrected chi connectivity index (χ4v) is 2.28. The first-order chi connectivity index (χ1) is 8.68. The molecule has 1 N–H and O–H groups in total. The fourth-order valence-electron chi connectivity index (χ4n) is 2.28. The van der Waals surface area contributed by atoms with Crippen molar-refractivity contribution in [3.05, 3.63) is 30.1 Å². The summed E-state index contributed by atoms with van der Waals surface area (Å²) in [5, 5.41) is 3.27. The predicted molar refractivity (Wildman–Crippen MR) is 70.9 cm³/mol. The first-order valence-electron chi connectivity index (χ1n) is 6.62. The minimum Gasteiger partial charge on any atom is -0.333 e. The molecule has 1 saturated heterocycles. The molecule has 0 unspecified atom stereocenters. The van der Waals surface area contributed by atoms with Crippen molar-refractivity contribution >= 4 is 5.91 Å². The van der Waals surface area contributed by atoms with Crippen LogP contribution in [0.15, 0.2) is 24.4 Å². The largest absolute Gasteiger partial charge is 0.333 e. The third kappa shape index (κ3) is 3.07. The van der Waals surface area contributed by atoms with Crippen LogP contribution < -0.4 is 5.32 Å². The van der Waals surface area contributed by atoms with Gasteiger partial charge in [-0.15, -0.1) is 0 Å². The number of hydrogen-bond acceptors (Lipinski definition) is 3. The van der Waals surface area contributed by atoms with E-state index in [-0.39, 0.29) is 18.0 Å². The van der Waals surface area contributed by atoms with Gasteiger partial charge in [0.1, 0.15) is 0 Å². The maximum atomic E-state index is 12.4. The zero-order valence-corrected chi connectivity index (χ0v) is 11.1. The van der Waals surface area contributed by atoms with E-state index in [2.05, 4.69) is 24.1 Å². The molecule has 1 amide bonds. The third-order valence-corrected chi connectivity index (χ3v) is 3.32. The molecule has 1 aromatic heterocycles. The average molecular weight is 247 g/mol. The predicted octanol–water partition coefficient (Wildman–Crippen LogP) is 1.57. The van der Waals surface area contributed by atoms with Crippen molar-refractivity contribution < 1.29 is 4.79 Å². The minimum absolute atomic E-state index is 0.00360. The Bertz CT molecular complexity index is 385. The SMILES string of the molecule is CC(C)N(Cc1ccccn1)C(=O)[C@@H]1CCCN1. The van der Waals surface area contributed by atoms with Crippen molar-refractivity contribution in [3.63, 3.8) is 0 Å². The van der Waals surface area contributed by atoms with E-state index in [1.54, 1.807) is 6.20 Å². The van der Waals surface area contributed by atoms with Crippen LogP contribution in [0.3, 0.4) is 0 Å². The van der Waals surface area contributed by atoms with Gasteiger partial charge in [0.05, 0.1) is 18.3 Å². The molecule has 1 aliphatic rings. The number of pyridine rings is 1. The molecule has 4 heteroatoms. The number of amides is 1. The van der Waals surface area contributed by atoms with Crippen LogP contribution >= 0.6 is 0 Å². The Morgan fingerprint density at radius 2 is 2.39 bits per heavy atom. The van der Waals surface area contributed by atoms with E-state index < -0.39 is 0 Å². The molecular formula is C14H21N3O. The molecule has 1 aromatic rings. The van der Waals surface area contributed by atoms with Gasteiger partial charge in [-0.05, 0) is 45.4 Å². The summed E-state index contributed by atoms with van der Waals surface area (Å²) in [5.41, 5.74) is 0.942. The van der Waals surface area contributed by atoms with Crippen LogP contribution in [0.1, 0.15) is 32.4 Å². The van der Waals surface area contributed by atoms with Crippen LogP contribution in [-0.4, -0.2) is 34.4 Å². The summed E-state index contributed by atoms with van der Waals surface area (Å²) in [4.78, 5) is 18.6. The van der Waals surface area contributed by atoms with Crippen LogP contribution in [0.4, 0.5) is 0 Å². The molecule has 0 saturated carbocycles. The third-order valence-electron chi connectivity index (χ3n) is 3.32. The maximum absolute atomic E-state index is 12.4. The van der Waals surface area contributed by atoms with Gasteiger partial charge >= 0.3 is 0 Å². The van der Waals surface area contributed by atoms with Gasteiger partial charge in [-0.25, -0.2) is 0 Å². The highest BCUT2D eigenvalue weighted by atomic mass is 16.2. The van der Waals surface area contributed by atoms with E-state index in [9.17, 15) is 4.79 Å². The molecule has 2 rings (SSSR count). The second-order valence-electron chi connectivity index (χ2n) is 5.03. The van der Waals surface area contributed by atoms with Crippen LogP contribution in [0, 0.1) is 0 Å². The summed E-state index contributed by atoms with van der Waals surface area (Å²) < 4.78 is 0. The highest BCUT2D eigenvalue weighted by molar-refractivity contribution is 5.82. The van der Waals surface area contributed by atoms with Gasteiger partial charge in [-0.3, -0.25) is 9.78 Å². The first kappa shape index (κ1) is 13.0. The number of hydrogen-bond donors (Lipinski definition) is 1. The van der Waals surface area contributed by atoms with Crippen molar-refractivity contribution in [2.45, 2.75) is 45.3 Å². The molecule has 0 radical (unpaired) electrons. The zero-order valence-electron chi connectivity index (χ0n) is 11.1. The molecule has 0 bridgehead atoms. The zero-order chi connectivity index (χ0) is 13.0. The minimum atomic E-state index is -0.00360. The Kier molecular flexibility index (Phi) is 4.31. The van der Waals surface area contributed by atoms with Gasteiger partial charge in [0, 0.05) is 12.2 Å². The molecule has 1 atom stereocenters. The lowest BCUT2D eigenvalue weighted by Gasteiger charge is -2.29. The number of nitrogens with zero attached hydrogens (tertiary/aromatic N) is 2. The lowest BCUT2D eigenvalue weighted by atomic mass is 10.1. The summed E-state index contributed by atoms with van der Waals surface area (Å²) in [7, 11) is 0. The molecule has 0 spiro atoms. The maximum Gasteiger partial charge on any atom is 0.240 e. The van der Waals surface area contributed by atoms with E-state index in [4.69, 9.17) is 0 Å². The quantitative estimate of drug-likeness (QED) is 0.878. The van der Waals surface area contributed by atoms with Gasteiger partial charge in [0.2, 0.25) is 5.91 Å². The van der Waals surface area contributed by atoms with Crippen LogP contribution in [0.2, 0.25) is 0 Å². The summed E-state index contributed by atoms with van der Waals surface area (Å²) in [5.74, 6) is 0.202. The van der Waals surface area contributed by atoms with Crippen molar-refractivity contribution in [3.8, 4) is 0 Å². The van der Waals surface area contributed by atoms with Gasteiger partial charge in [-0.2, -0.15) is 0 Å². The highest BCUT2D eigenvalue weighted by Gasteiger charge is 2.28. The Labute approximate surface area is 108 Å². The molecular weight excluding hydrogens is 226 g/mol. The molecule has 98 valence electrons. The van der Waals surface area contributed by atoms with E-state index in [0.717, 1.165) is 25.1 Å². The Balaban J connectivity index is 2.06. The number of carbonyl (C=O) groups is 1. The standard InChI is InChI=1S/C14H21N3O/c1-11(2)17(10-12-6-3-4-8-15-12)14(18)13-7-5-9-16-13/h3-4,6,8,11,13,16H,5,7,9-10H2,1-2H3/t13-/m0/s1. The topological polar surface area (TPSA) is 45.2 Å². The van der Waals surface area contributed by atoms with E-state index in [1.165, 1.54) is 0 Å². The molecule has 1 aliphatic heterocycles. The Hall–Kier alpha value is -1.42. The lowest BCUT2D eigenvalue weighted by Crippen LogP contribution is -2.46. The van der Waals surface area contributed by atoms with Crippen molar-refractivity contribution in [2.24, 2.45) is 0 Å². The van der Waals surface area contributed by atoms with E-state index in [1.807, 2.05) is 23.1 Å². The molecule has 0 aromatic carbocycles. The molecule has 4 nitrogen and oxygen atoms in total. The van der Waals surface area contributed by atoms with Crippen molar-refractivity contribution in [2.75, 3.05) is 6.54 Å². The summed E-state index contributed by atoms with van der Waals surface area (Å²) in [6.45, 7) is 5.65. The monoisotopic (exact) mass is 247 g/mol. The van der Waals surface area contributed by atoms with Crippen LogP contribution in [-0.2, 0) is 11.3 Å². The summed E-state index contributed by atoms with van der Waals surface area (Å²) in [6, 6.07) is 6.01. The number of nitrogens with one attached hydrogen (secondary N) is 1. The summed E-state index contributed by atoms with van der Waals surface area (Å²) in [6.07, 6.45) is 3.81. The lowest BCUT2D eigenvalue weighted by molar-refractivity contribution is -0.135. The van der Waals surface area contributed by atoms with Gasteiger partial charge in [0.15, 0.2) is 0 Å². The average Bonchev–Trinajstić information content (AvgIpc) is 2.90. The first-order valence-corrected chi connectivity index (χ1v) is 6.62. The van der Waals surface area contributed by atoms with Crippen LogP contribution in [0.5, 0.6) is 0 Å². The molecule has 18 heavy (non-hydrogen) atoms. The van der Waals surface area contributed by atoms with Crippen molar-refractivity contribution in [1.29, 1.82) is 0 Å². The van der Waals surface area contributed by atoms with Gasteiger partial charge in [-0.1, -0.05) is 6.07 Å². The highest BCUT2D eigenvalue weighted by Crippen LogP contribution is 2.13. The summed E-state index contributed by atoms with van der Waals surface area (Å²) >= 11 is 0. The number of aromatic nitrogens is 1. The second kappa shape index (κ2) is 5.96.